The molecule has 2 amide bonds. The van der Waals surface area contributed by atoms with Gasteiger partial charge in [-0.15, -0.1) is 11.3 Å². The minimum absolute atomic E-state index is 0.284. The molecule has 0 spiro atoms. The predicted molar refractivity (Wildman–Crippen MR) is 137 cm³/mol. The molecule has 6 nitrogen and oxygen atoms in total. The smallest absolute Gasteiger partial charge is 0.412 e. The summed E-state index contributed by atoms with van der Waals surface area (Å²) in [4.78, 5) is 30.6. The van der Waals surface area contributed by atoms with E-state index in [1.54, 1.807) is 62.7 Å². The van der Waals surface area contributed by atoms with Crippen LogP contribution in [0.1, 0.15) is 31.1 Å². The van der Waals surface area contributed by atoms with Gasteiger partial charge in [0.15, 0.2) is 0 Å². The largest absolute Gasteiger partial charge is 0.444 e. The van der Waals surface area contributed by atoms with Gasteiger partial charge >= 0.3 is 6.09 Å². The molecule has 0 aliphatic rings. The molecular formula is C27H25N3O3S. The van der Waals surface area contributed by atoms with Crippen molar-refractivity contribution in [2.75, 3.05) is 10.6 Å². The van der Waals surface area contributed by atoms with Crippen LogP contribution in [0.3, 0.4) is 0 Å². The summed E-state index contributed by atoms with van der Waals surface area (Å²) in [6.07, 6.45) is 2.91. The van der Waals surface area contributed by atoms with Crippen molar-refractivity contribution in [3.63, 3.8) is 0 Å². The Morgan fingerprint density at radius 1 is 0.853 bits per heavy atom. The Bertz CT molecular complexity index is 1280. The van der Waals surface area contributed by atoms with Gasteiger partial charge in [0.05, 0.1) is 11.4 Å². The van der Waals surface area contributed by atoms with Crippen molar-refractivity contribution in [3.05, 3.63) is 90.1 Å². The second kappa shape index (κ2) is 9.89. The van der Waals surface area contributed by atoms with Crippen molar-refractivity contribution in [2.24, 2.45) is 0 Å². The minimum atomic E-state index is -0.638. The van der Waals surface area contributed by atoms with Crippen LogP contribution >= 0.6 is 11.3 Å². The Morgan fingerprint density at radius 2 is 1.62 bits per heavy atom. The number of pyridine rings is 1. The van der Waals surface area contributed by atoms with Crippen LogP contribution in [0.15, 0.2) is 84.5 Å². The van der Waals surface area contributed by atoms with Gasteiger partial charge in [0, 0.05) is 22.8 Å². The molecule has 0 aliphatic carbocycles. The predicted octanol–water partition coefficient (Wildman–Crippen LogP) is 7.08. The van der Waals surface area contributed by atoms with Gasteiger partial charge in [-0.2, -0.15) is 0 Å². The fourth-order valence-electron chi connectivity index (χ4n) is 3.31. The number of nitrogens with zero attached hydrogens (tertiary/aromatic N) is 1. The number of nitrogens with one attached hydrogen (secondary N) is 2. The summed E-state index contributed by atoms with van der Waals surface area (Å²) in [5, 5.41) is 7.68. The topological polar surface area (TPSA) is 80.3 Å². The summed E-state index contributed by atoms with van der Waals surface area (Å²) < 4.78 is 5.38. The van der Waals surface area contributed by atoms with Crippen LogP contribution < -0.4 is 10.6 Å². The Hall–Kier alpha value is -3.97. The number of carbonyl (C=O) groups excluding carboxylic acids is 2. The van der Waals surface area contributed by atoms with E-state index in [-0.39, 0.29) is 5.91 Å². The van der Waals surface area contributed by atoms with Gasteiger partial charge in [0.1, 0.15) is 5.60 Å². The molecule has 172 valence electrons. The van der Waals surface area contributed by atoms with Gasteiger partial charge < -0.3 is 10.1 Å². The summed E-state index contributed by atoms with van der Waals surface area (Å²) in [5.74, 6) is -0.284. The molecular weight excluding hydrogens is 446 g/mol. The second-order valence-electron chi connectivity index (χ2n) is 8.64. The van der Waals surface area contributed by atoms with Crippen LogP contribution in [0.25, 0.3) is 21.6 Å². The Labute approximate surface area is 202 Å². The molecule has 2 N–H and O–H groups in total. The summed E-state index contributed by atoms with van der Waals surface area (Å²) in [6.45, 7) is 5.39. The van der Waals surface area contributed by atoms with Crippen LogP contribution in [-0.2, 0) is 4.74 Å². The molecule has 0 unspecified atom stereocenters. The van der Waals surface area contributed by atoms with Gasteiger partial charge in [0.2, 0.25) is 0 Å². The number of hydrogen-bond donors (Lipinski definition) is 2. The fourth-order valence-corrected chi connectivity index (χ4v) is 4.03. The molecule has 34 heavy (non-hydrogen) atoms. The number of ether oxygens (including phenoxy) is 1. The zero-order chi connectivity index (χ0) is 24.1. The van der Waals surface area contributed by atoms with Crippen LogP contribution in [-0.4, -0.2) is 22.6 Å². The lowest BCUT2D eigenvalue weighted by molar-refractivity contribution is 0.0635. The molecule has 2 heterocycles. The summed E-state index contributed by atoms with van der Waals surface area (Å²) in [5.41, 5.74) is 3.68. The van der Waals surface area contributed by atoms with E-state index in [2.05, 4.69) is 15.6 Å². The maximum absolute atomic E-state index is 13.1. The second-order valence-corrected chi connectivity index (χ2v) is 9.59. The van der Waals surface area contributed by atoms with Gasteiger partial charge in [-0.3, -0.25) is 15.1 Å². The van der Waals surface area contributed by atoms with E-state index in [0.29, 0.717) is 16.9 Å². The van der Waals surface area contributed by atoms with E-state index in [0.717, 1.165) is 21.6 Å². The van der Waals surface area contributed by atoms with Crippen LogP contribution in [0.5, 0.6) is 0 Å². The minimum Gasteiger partial charge on any atom is -0.444 e. The number of carbonyl (C=O) groups is 2. The summed E-state index contributed by atoms with van der Waals surface area (Å²) in [7, 11) is 0. The average Bonchev–Trinajstić information content (AvgIpc) is 3.35. The maximum Gasteiger partial charge on any atom is 0.412 e. The number of amides is 2. The van der Waals surface area contributed by atoms with E-state index < -0.39 is 11.7 Å². The highest BCUT2D eigenvalue weighted by Crippen LogP contribution is 2.32. The number of thiophene rings is 1. The van der Waals surface area contributed by atoms with E-state index in [1.165, 1.54) is 0 Å². The third kappa shape index (κ3) is 5.88. The van der Waals surface area contributed by atoms with Crippen molar-refractivity contribution in [1.29, 1.82) is 0 Å². The normalized spacial score (nSPS) is 11.0. The quantitative estimate of drug-likeness (QED) is 0.326. The fraction of sp³-hybridized carbons (Fsp3) is 0.148. The number of rotatable bonds is 5. The van der Waals surface area contributed by atoms with Crippen molar-refractivity contribution in [1.82, 2.24) is 4.98 Å². The molecule has 2 aromatic carbocycles. The van der Waals surface area contributed by atoms with E-state index in [4.69, 9.17) is 4.74 Å². The van der Waals surface area contributed by atoms with Crippen LogP contribution in [0.4, 0.5) is 16.2 Å². The third-order valence-electron chi connectivity index (χ3n) is 4.85. The van der Waals surface area contributed by atoms with Crippen molar-refractivity contribution in [3.8, 4) is 21.6 Å². The highest BCUT2D eigenvalue weighted by Gasteiger charge is 2.18. The first-order valence-electron chi connectivity index (χ1n) is 10.8. The molecule has 0 radical (unpaired) electrons. The van der Waals surface area contributed by atoms with Gasteiger partial charge in [-0.25, -0.2) is 4.79 Å². The monoisotopic (exact) mass is 471 g/mol. The molecule has 0 bridgehead atoms. The molecule has 2 aromatic heterocycles. The molecule has 0 aliphatic heterocycles. The van der Waals surface area contributed by atoms with Crippen LogP contribution in [0, 0.1) is 0 Å². The summed E-state index contributed by atoms with van der Waals surface area (Å²) >= 11 is 1.60. The Kier molecular flexibility index (Phi) is 6.75. The first kappa shape index (κ1) is 23.2. The van der Waals surface area contributed by atoms with Crippen LogP contribution in [0.2, 0.25) is 0 Å². The van der Waals surface area contributed by atoms with E-state index >= 15 is 0 Å². The zero-order valence-electron chi connectivity index (χ0n) is 19.2. The first-order chi connectivity index (χ1) is 16.3. The number of hydrogen-bond acceptors (Lipinski definition) is 5. The molecule has 0 saturated heterocycles. The van der Waals surface area contributed by atoms with E-state index in [1.807, 2.05) is 53.9 Å². The molecule has 4 rings (SSSR count). The molecule has 0 fully saturated rings. The molecule has 7 heteroatoms. The van der Waals surface area contributed by atoms with E-state index in [9.17, 15) is 9.59 Å². The lowest BCUT2D eigenvalue weighted by Crippen LogP contribution is -2.27. The zero-order valence-corrected chi connectivity index (χ0v) is 20.0. The summed E-state index contributed by atoms with van der Waals surface area (Å²) in [6, 6.07) is 20.6. The van der Waals surface area contributed by atoms with Crippen molar-refractivity contribution < 1.29 is 14.3 Å². The average molecular weight is 472 g/mol. The highest BCUT2D eigenvalue weighted by atomic mass is 32.1. The highest BCUT2D eigenvalue weighted by molar-refractivity contribution is 7.13. The number of aromatic nitrogens is 1. The SMILES string of the molecule is CC(C)(C)OC(=O)Nc1ccc(-c2cccs2)cc1NC(=O)c1ccc(-c2cccnc2)cc1. The lowest BCUT2D eigenvalue weighted by atomic mass is 10.1. The molecule has 4 aromatic rings. The van der Waals surface area contributed by atoms with Gasteiger partial charge in [0.25, 0.3) is 5.91 Å². The van der Waals surface area contributed by atoms with Gasteiger partial charge in [-0.1, -0.05) is 30.3 Å². The third-order valence-corrected chi connectivity index (χ3v) is 5.77. The molecule has 0 saturated carbocycles. The van der Waals surface area contributed by atoms with Gasteiger partial charge in [-0.05, 0) is 79.2 Å². The van der Waals surface area contributed by atoms with Crippen molar-refractivity contribution >= 4 is 34.7 Å². The maximum atomic E-state index is 13.1. The lowest BCUT2D eigenvalue weighted by Gasteiger charge is -2.21. The first-order valence-corrected chi connectivity index (χ1v) is 11.7. The Balaban J connectivity index is 1.58. The molecule has 0 atom stereocenters. The number of anilines is 2. The standard InChI is InChI=1S/C27H25N3O3S/c1-27(2,3)33-26(32)30-22-13-12-20(24-7-5-15-34-24)16-23(22)29-25(31)19-10-8-18(9-11-19)21-6-4-14-28-17-21/h4-17H,1-3H3,(H,29,31)(H,30,32). The van der Waals surface area contributed by atoms with Crippen molar-refractivity contribution in [2.45, 2.75) is 26.4 Å². The Morgan fingerprint density at radius 3 is 2.26 bits per heavy atom. The number of benzene rings is 2.